The second kappa shape index (κ2) is 8.26. The van der Waals surface area contributed by atoms with Gasteiger partial charge in [0.15, 0.2) is 0 Å². The van der Waals surface area contributed by atoms with Gasteiger partial charge in [-0.2, -0.15) is 4.31 Å². The molecule has 0 spiro atoms. The van der Waals surface area contributed by atoms with Crippen molar-refractivity contribution in [2.24, 2.45) is 11.7 Å². The highest BCUT2D eigenvalue weighted by Gasteiger charge is 2.33. The minimum atomic E-state index is -3.62. The first-order chi connectivity index (χ1) is 12.5. The van der Waals surface area contributed by atoms with Gasteiger partial charge in [0.2, 0.25) is 10.0 Å². The van der Waals surface area contributed by atoms with Crippen molar-refractivity contribution in [3.8, 4) is 0 Å². The van der Waals surface area contributed by atoms with E-state index in [0.717, 1.165) is 0 Å². The Balaban J connectivity index is 2.18. The first-order valence-electron chi connectivity index (χ1n) is 9.28. The fourth-order valence-electron chi connectivity index (χ4n) is 3.02. The Morgan fingerprint density at radius 2 is 1.78 bits per heavy atom. The lowest BCUT2D eigenvalue weighted by Crippen LogP contribution is -2.55. The molecule has 152 valence electrons. The van der Waals surface area contributed by atoms with Crippen molar-refractivity contribution in [3.63, 3.8) is 0 Å². The highest BCUT2D eigenvalue weighted by molar-refractivity contribution is 7.89. The number of rotatable bonds is 6. The lowest BCUT2D eigenvalue weighted by Gasteiger charge is -2.34. The molecule has 0 radical (unpaired) electrons. The Bertz CT molecular complexity index is 754. The Morgan fingerprint density at radius 3 is 2.22 bits per heavy atom. The fraction of sp³-hybridized carbons (Fsp3) is 0.632. The van der Waals surface area contributed by atoms with Gasteiger partial charge in [-0.1, -0.05) is 13.8 Å². The van der Waals surface area contributed by atoms with Crippen LogP contribution in [0.1, 0.15) is 45.0 Å². The number of nitrogens with one attached hydrogen (secondary N) is 1. The van der Waals surface area contributed by atoms with E-state index in [1.54, 1.807) is 0 Å². The molecule has 1 aromatic rings. The predicted octanol–water partition coefficient (Wildman–Crippen LogP) is 1.59. The van der Waals surface area contributed by atoms with Crippen molar-refractivity contribution in [2.45, 2.75) is 57.3 Å². The molecular weight excluding hydrogens is 366 g/mol. The monoisotopic (exact) mass is 397 g/mol. The van der Waals surface area contributed by atoms with E-state index in [1.165, 1.54) is 28.6 Å². The molecule has 1 aromatic carbocycles. The number of sulfonamides is 1. The molecule has 1 aliphatic heterocycles. The van der Waals surface area contributed by atoms with E-state index in [1.807, 2.05) is 34.6 Å². The van der Waals surface area contributed by atoms with Crippen LogP contribution < -0.4 is 11.1 Å². The second-order valence-electron chi connectivity index (χ2n) is 7.83. The molecule has 1 saturated heterocycles. The van der Waals surface area contributed by atoms with Crippen LogP contribution in [0.25, 0.3) is 0 Å². The predicted molar refractivity (Wildman–Crippen MR) is 105 cm³/mol. The molecule has 0 aromatic heterocycles. The molecule has 3 N–H and O–H groups in total. The summed E-state index contributed by atoms with van der Waals surface area (Å²) in [6.45, 7) is 10.5. The van der Waals surface area contributed by atoms with E-state index in [4.69, 9.17) is 10.5 Å². The number of nitrogens with two attached hydrogens (primary N) is 1. The zero-order valence-electron chi connectivity index (χ0n) is 16.7. The SMILES string of the molecule is CC1CN(S(=O)(=O)c2ccc(C(=O)NC(C)(CN)C(C)C)cc2)CC(C)O1. The standard InChI is InChI=1S/C19H31N3O4S/c1-13(2)19(5,12-20)21-18(23)16-6-8-17(9-7-16)27(24,25)22-10-14(3)26-15(4)11-22/h6-9,13-15H,10-12,20H2,1-5H3,(H,21,23). The number of hydrogen-bond acceptors (Lipinski definition) is 5. The number of carbonyl (C=O) groups excluding carboxylic acids is 1. The summed E-state index contributed by atoms with van der Waals surface area (Å²) in [5, 5.41) is 2.95. The van der Waals surface area contributed by atoms with Crippen LogP contribution in [0.15, 0.2) is 29.2 Å². The van der Waals surface area contributed by atoms with Crippen LogP contribution in [0.2, 0.25) is 0 Å². The molecule has 0 aliphatic carbocycles. The Hall–Kier alpha value is -1.48. The smallest absolute Gasteiger partial charge is 0.251 e. The maximum atomic E-state index is 12.9. The minimum Gasteiger partial charge on any atom is -0.373 e. The molecular formula is C19H31N3O4S. The van der Waals surface area contributed by atoms with Crippen molar-refractivity contribution < 1.29 is 17.9 Å². The number of nitrogens with zero attached hydrogens (tertiary/aromatic N) is 1. The Morgan fingerprint density at radius 1 is 1.26 bits per heavy atom. The van der Waals surface area contributed by atoms with Gasteiger partial charge < -0.3 is 15.8 Å². The lowest BCUT2D eigenvalue weighted by molar-refractivity contribution is -0.0440. The summed E-state index contributed by atoms with van der Waals surface area (Å²) < 4.78 is 32.8. The first-order valence-corrected chi connectivity index (χ1v) is 10.7. The van der Waals surface area contributed by atoms with E-state index in [9.17, 15) is 13.2 Å². The van der Waals surface area contributed by atoms with Crippen molar-refractivity contribution in [1.29, 1.82) is 0 Å². The maximum absolute atomic E-state index is 12.9. The van der Waals surface area contributed by atoms with Gasteiger partial charge in [0.25, 0.3) is 5.91 Å². The lowest BCUT2D eigenvalue weighted by atomic mass is 9.88. The van der Waals surface area contributed by atoms with Crippen molar-refractivity contribution >= 4 is 15.9 Å². The summed E-state index contributed by atoms with van der Waals surface area (Å²) in [5.41, 5.74) is 5.69. The molecule has 7 nitrogen and oxygen atoms in total. The van der Waals surface area contributed by atoms with Gasteiger partial charge in [0.1, 0.15) is 0 Å². The van der Waals surface area contributed by atoms with Crippen LogP contribution in [0, 0.1) is 5.92 Å². The quantitative estimate of drug-likeness (QED) is 0.759. The van der Waals surface area contributed by atoms with Gasteiger partial charge >= 0.3 is 0 Å². The summed E-state index contributed by atoms with van der Waals surface area (Å²) in [6, 6.07) is 6.02. The van der Waals surface area contributed by atoms with E-state index < -0.39 is 15.6 Å². The highest BCUT2D eigenvalue weighted by Crippen LogP contribution is 2.22. The van der Waals surface area contributed by atoms with E-state index in [0.29, 0.717) is 25.2 Å². The molecule has 3 unspecified atom stereocenters. The number of ether oxygens (including phenoxy) is 1. The van der Waals surface area contributed by atoms with E-state index >= 15 is 0 Å². The molecule has 1 amide bonds. The van der Waals surface area contributed by atoms with Crippen molar-refractivity contribution in [3.05, 3.63) is 29.8 Å². The minimum absolute atomic E-state index is 0.154. The van der Waals surface area contributed by atoms with Crippen molar-refractivity contribution in [1.82, 2.24) is 9.62 Å². The maximum Gasteiger partial charge on any atom is 0.251 e. The summed E-state index contributed by atoms with van der Waals surface area (Å²) in [5.74, 6) is -0.106. The zero-order chi connectivity index (χ0) is 20.4. The third kappa shape index (κ3) is 4.87. The van der Waals surface area contributed by atoms with Crippen LogP contribution in [-0.4, -0.2) is 56.0 Å². The normalized spacial score (nSPS) is 23.8. The van der Waals surface area contributed by atoms with Crippen LogP contribution in [0.5, 0.6) is 0 Å². The average molecular weight is 398 g/mol. The summed E-state index contributed by atoms with van der Waals surface area (Å²) in [7, 11) is -3.62. The molecule has 0 saturated carbocycles. The molecule has 1 heterocycles. The third-order valence-electron chi connectivity index (χ3n) is 5.24. The molecule has 0 bridgehead atoms. The first kappa shape index (κ1) is 21.8. The Labute approximate surface area is 162 Å². The number of benzene rings is 1. The van der Waals surface area contributed by atoms with Gasteiger partial charge in [-0.05, 0) is 51.0 Å². The molecule has 1 aliphatic rings. The van der Waals surface area contributed by atoms with Crippen LogP contribution >= 0.6 is 0 Å². The molecule has 2 rings (SSSR count). The van der Waals surface area contributed by atoms with Gasteiger partial charge in [-0.15, -0.1) is 0 Å². The summed E-state index contributed by atoms with van der Waals surface area (Å²) in [6.07, 6.45) is -0.308. The summed E-state index contributed by atoms with van der Waals surface area (Å²) >= 11 is 0. The summed E-state index contributed by atoms with van der Waals surface area (Å²) in [4.78, 5) is 12.7. The van der Waals surface area contributed by atoms with E-state index in [-0.39, 0.29) is 28.9 Å². The number of morpholine rings is 1. The van der Waals surface area contributed by atoms with Crippen LogP contribution in [0.4, 0.5) is 0 Å². The number of carbonyl (C=O) groups is 1. The van der Waals surface area contributed by atoms with Gasteiger partial charge in [-0.3, -0.25) is 4.79 Å². The molecule has 1 fully saturated rings. The van der Waals surface area contributed by atoms with Crippen LogP contribution in [-0.2, 0) is 14.8 Å². The average Bonchev–Trinajstić information content (AvgIpc) is 2.60. The van der Waals surface area contributed by atoms with E-state index in [2.05, 4.69) is 5.32 Å². The second-order valence-corrected chi connectivity index (χ2v) is 9.77. The molecule has 27 heavy (non-hydrogen) atoms. The number of hydrogen-bond donors (Lipinski definition) is 2. The topological polar surface area (TPSA) is 102 Å². The van der Waals surface area contributed by atoms with Crippen LogP contribution in [0.3, 0.4) is 0 Å². The highest BCUT2D eigenvalue weighted by atomic mass is 32.2. The van der Waals surface area contributed by atoms with Gasteiger partial charge in [0.05, 0.1) is 22.6 Å². The van der Waals surface area contributed by atoms with Crippen molar-refractivity contribution in [2.75, 3.05) is 19.6 Å². The zero-order valence-corrected chi connectivity index (χ0v) is 17.5. The third-order valence-corrected chi connectivity index (χ3v) is 7.08. The molecule has 8 heteroatoms. The number of amides is 1. The molecule has 3 atom stereocenters. The fourth-order valence-corrected chi connectivity index (χ4v) is 4.61. The van der Waals surface area contributed by atoms with Gasteiger partial charge in [0, 0.05) is 25.2 Å². The van der Waals surface area contributed by atoms with Gasteiger partial charge in [-0.25, -0.2) is 8.42 Å². The largest absolute Gasteiger partial charge is 0.373 e. The Kier molecular flexibility index (Phi) is 6.68.